The SMILES string of the molecule is O=C(c1cccs1)C1CCN(C(=O)Nc2ccc(Cl)cc2)CC1. The first-order chi connectivity index (χ1) is 11.1. The number of piperidine rings is 1. The number of anilines is 1. The third kappa shape index (κ3) is 3.92. The zero-order chi connectivity index (χ0) is 16.2. The lowest BCUT2D eigenvalue weighted by molar-refractivity contribution is 0.0863. The molecule has 1 saturated heterocycles. The Bertz CT molecular complexity index is 677. The van der Waals surface area contributed by atoms with Crippen molar-refractivity contribution >= 4 is 40.4 Å². The minimum Gasteiger partial charge on any atom is -0.324 e. The number of ketones is 1. The molecule has 0 atom stereocenters. The summed E-state index contributed by atoms with van der Waals surface area (Å²) in [7, 11) is 0. The second-order valence-corrected chi connectivity index (χ2v) is 6.92. The number of nitrogens with zero attached hydrogens (tertiary/aromatic N) is 1. The highest BCUT2D eigenvalue weighted by Gasteiger charge is 2.28. The molecule has 0 unspecified atom stereocenters. The van der Waals surface area contributed by atoms with Gasteiger partial charge in [0.1, 0.15) is 0 Å². The minimum absolute atomic E-state index is 0.0215. The van der Waals surface area contributed by atoms with Gasteiger partial charge in [0, 0.05) is 29.7 Å². The molecule has 1 aromatic heterocycles. The smallest absolute Gasteiger partial charge is 0.321 e. The molecule has 2 heterocycles. The van der Waals surface area contributed by atoms with Crippen molar-refractivity contribution in [1.82, 2.24) is 4.90 Å². The van der Waals surface area contributed by atoms with E-state index in [0.29, 0.717) is 31.0 Å². The quantitative estimate of drug-likeness (QED) is 0.828. The van der Waals surface area contributed by atoms with Crippen LogP contribution in [0.5, 0.6) is 0 Å². The lowest BCUT2D eigenvalue weighted by atomic mass is 9.92. The van der Waals surface area contributed by atoms with Crippen LogP contribution < -0.4 is 5.32 Å². The van der Waals surface area contributed by atoms with Gasteiger partial charge in [0.05, 0.1) is 4.88 Å². The molecule has 23 heavy (non-hydrogen) atoms. The Morgan fingerprint density at radius 3 is 2.43 bits per heavy atom. The van der Waals surface area contributed by atoms with Crippen molar-refractivity contribution < 1.29 is 9.59 Å². The lowest BCUT2D eigenvalue weighted by Crippen LogP contribution is -2.42. The first-order valence-corrected chi connectivity index (χ1v) is 8.78. The molecule has 0 bridgehead atoms. The van der Waals surface area contributed by atoms with Crippen LogP contribution in [0.3, 0.4) is 0 Å². The maximum atomic E-state index is 12.3. The molecule has 120 valence electrons. The van der Waals surface area contributed by atoms with E-state index < -0.39 is 0 Å². The van der Waals surface area contributed by atoms with E-state index in [1.165, 1.54) is 11.3 Å². The molecule has 1 N–H and O–H groups in total. The average molecular weight is 349 g/mol. The molecular weight excluding hydrogens is 332 g/mol. The van der Waals surface area contributed by atoms with Crippen molar-refractivity contribution in [1.29, 1.82) is 0 Å². The van der Waals surface area contributed by atoms with Crippen LogP contribution in [0.25, 0.3) is 0 Å². The molecule has 6 heteroatoms. The number of rotatable bonds is 3. The van der Waals surface area contributed by atoms with Gasteiger partial charge in [-0.1, -0.05) is 17.7 Å². The van der Waals surface area contributed by atoms with Gasteiger partial charge in [-0.15, -0.1) is 11.3 Å². The Morgan fingerprint density at radius 2 is 1.83 bits per heavy atom. The second kappa shape index (κ2) is 7.15. The molecule has 2 aromatic rings. The molecule has 3 rings (SSSR count). The van der Waals surface area contributed by atoms with Gasteiger partial charge in [-0.3, -0.25) is 4.79 Å². The fraction of sp³-hybridized carbons (Fsp3) is 0.294. The van der Waals surface area contributed by atoms with Crippen LogP contribution in [-0.2, 0) is 0 Å². The van der Waals surface area contributed by atoms with E-state index in [1.54, 1.807) is 29.2 Å². The van der Waals surface area contributed by atoms with E-state index in [9.17, 15) is 9.59 Å². The second-order valence-electron chi connectivity index (χ2n) is 5.54. The molecule has 0 aliphatic carbocycles. The number of nitrogens with one attached hydrogen (secondary N) is 1. The monoisotopic (exact) mass is 348 g/mol. The topological polar surface area (TPSA) is 49.4 Å². The van der Waals surface area contributed by atoms with Gasteiger partial charge in [0.2, 0.25) is 0 Å². The number of carbonyl (C=O) groups is 2. The van der Waals surface area contributed by atoms with Gasteiger partial charge < -0.3 is 10.2 Å². The van der Waals surface area contributed by atoms with Gasteiger partial charge in [-0.2, -0.15) is 0 Å². The number of urea groups is 1. The third-order valence-corrected chi connectivity index (χ3v) is 5.15. The number of halogens is 1. The van der Waals surface area contributed by atoms with E-state index in [0.717, 1.165) is 10.6 Å². The molecule has 0 spiro atoms. The van der Waals surface area contributed by atoms with Crippen LogP contribution in [0.15, 0.2) is 41.8 Å². The molecular formula is C17H17ClN2O2S. The van der Waals surface area contributed by atoms with E-state index >= 15 is 0 Å². The maximum Gasteiger partial charge on any atom is 0.321 e. The summed E-state index contributed by atoms with van der Waals surface area (Å²) in [5.41, 5.74) is 0.719. The number of benzene rings is 1. The highest BCUT2D eigenvalue weighted by atomic mass is 35.5. The van der Waals surface area contributed by atoms with Gasteiger partial charge in [-0.05, 0) is 48.6 Å². The Balaban J connectivity index is 1.53. The molecule has 2 amide bonds. The summed E-state index contributed by atoms with van der Waals surface area (Å²) >= 11 is 7.31. The van der Waals surface area contributed by atoms with Gasteiger partial charge in [-0.25, -0.2) is 4.79 Å². The first kappa shape index (κ1) is 16.0. The van der Waals surface area contributed by atoms with Crippen molar-refractivity contribution in [3.05, 3.63) is 51.7 Å². The van der Waals surface area contributed by atoms with E-state index in [-0.39, 0.29) is 17.7 Å². The minimum atomic E-state index is -0.130. The standard InChI is InChI=1S/C17H17ClN2O2S/c18-13-3-5-14(6-4-13)19-17(22)20-9-7-12(8-10-20)16(21)15-2-1-11-23-15/h1-6,11-12H,7-10H2,(H,19,22). The van der Waals surface area contributed by atoms with Crippen molar-refractivity contribution in [3.8, 4) is 0 Å². The molecule has 1 fully saturated rings. The van der Waals surface area contributed by atoms with Crippen molar-refractivity contribution in [2.24, 2.45) is 5.92 Å². The molecule has 1 aliphatic heterocycles. The summed E-state index contributed by atoms with van der Waals surface area (Å²) in [6.07, 6.45) is 1.43. The van der Waals surface area contributed by atoms with Gasteiger partial charge in [0.15, 0.2) is 5.78 Å². The molecule has 4 nitrogen and oxygen atoms in total. The van der Waals surface area contributed by atoms with Crippen molar-refractivity contribution in [2.45, 2.75) is 12.8 Å². The Hall–Kier alpha value is -1.85. The van der Waals surface area contributed by atoms with Crippen LogP contribution in [0.2, 0.25) is 5.02 Å². The lowest BCUT2D eigenvalue weighted by Gasteiger charge is -2.31. The van der Waals surface area contributed by atoms with Crippen LogP contribution in [-0.4, -0.2) is 29.8 Å². The van der Waals surface area contributed by atoms with E-state index in [2.05, 4.69) is 5.32 Å². The Kier molecular flexibility index (Phi) is 4.98. The summed E-state index contributed by atoms with van der Waals surface area (Å²) < 4.78 is 0. The third-order valence-electron chi connectivity index (χ3n) is 4.01. The van der Waals surface area contributed by atoms with Crippen molar-refractivity contribution in [2.75, 3.05) is 18.4 Å². The summed E-state index contributed by atoms with van der Waals surface area (Å²) in [6.45, 7) is 1.20. The number of carbonyl (C=O) groups excluding carboxylic acids is 2. The highest BCUT2D eigenvalue weighted by molar-refractivity contribution is 7.12. The van der Waals surface area contributed by atoms with Gasteiger partial charge in [0.25, 0.3) is 0 Å². The molecule has 0 radical (unpaired) electrons. The number of amides is 2. The fourth-order valence-corrected chi connectivity index (χ4v) is 3.57. The zero-order valence-corrected chi connectivity index (χ0v) is 14.1. The summed E-state index contributed by atoms with van der Waals surface area (Å²) in [5, 5.41) is 5.41. The number of hydrogen-bond acceptors (Lipinski definition) is 3. The number of hydrogen-bond donors (Lipinski definition) is 1. The predicted molar refractivity (Wildman–Crippen MR) is 93.4 cm³/mol. The highest BCUT2D eigenvalue weighted by Crippen LogP contribution is 2.24. The van der Waals surface area contributed by atoms with Crippen LogP contribution >= 0.6 is 22.9 Å². The van der Waals surface area contributed by atoms with Crippen LogP contribution in [0.1, 0.15) is 22.5 Å². The molecule has 1 aromatic carbocycles. The predicted octanol–water partition coefficient (Wildman–Crippen LogP) is 4.53. The Labute approximate surface area is 144 Å². The van der Waals surface area contributed by atoms with E-state index in [1.807, 2.05) is 17.5 Å². The summed E-state index contributed by atoms with van der Waals surface area (Å²) in [5.74, 6) is 0.228. The number of likely N-dealkylation sites (tertiary alicyclic amines) is 1. The van der Waals surface area contributed by atoms with Gasteiger partial charge >= 0.3 is 6.03 Å². The summed E-state index contributed by atoms with van der Waals surface area (Å²) in [6, 6.07) is 10.7. The largest absolute Gasteiger partial charge is 0.324 e. The van der Waals surface area contributed by atoms with Crippen molar-refractivity contribution in [3.63, 3.8) is 0 Å². The molecule has 1 aliphatic rings. The average Bonchev–Trinajstić information content (AvgIpc) is 3.11. The fourth-order valence-electron chi connectivity index (χ4n) is 2.70. The van der Waals surface area contributed by atoms with E-state index in [4.69, 9.17) is 11.6 Å². The first-order valence-electron chi connectivity index (χ1n) is 7.52. The number of Topliss-reactive ketones (excluding diaryl/α,β-unsaturated/α-hetero) is 1. The number of thiophene rings is 1. The zero-order valence-electron chi connectivity index (χ0n) is 12.5. The molecule has 0 saturated carbocycles. The van der Waals surface area contributed by atoms with Crippen LogP contribution in [0, 0.1) is 5.92 Å². The maximum absolute atomic E-state index is 12.3. The Morgan fingerprint density at radius 1 is 1.13 bits per heavy atom. The normalized spacial score (nSPS) is 15.4. The summed E-state index contributed by atoms with van der Waals surface area (Å²) in [4.78, 5) is 27.2. The van der Waals surface area contributed by atoms with Crippen LogP contribution in [0.4, 0.5) is 10.5 Å².